The standard InChI is InChI=1S/C13H26N2O2/c1-13(14,12(16)17-3)9-10-15(2)11-7-5-4-6-8-11/h11H,4-10,14H2,1-3H3. The van der Waals surface area contributed by atoms with Gasteiger partial charge in [-0.2, -0.15) is 0 Å². The lowest BCUT2D eigenvalue weighted by molar-refractivity contribution is -0.146. The number of ether oxygens (including phenoxy) is 1. The summed E-state index contributed by atoms with van der Waals surface area (Å²) >= 11 is 0. The molecule has 0 bridgehead atoms. The first-order valence-electron chi connectivity index (χ1n) is 6.55. The van der Waals surface area contributed by atoms with E-state index in [4.69, 9.17) is 10.5 Å². The highest BCUT2D eigenvalue weighted by Gasteiger charge is 2.30. The largest absolute Gasteiger partial charge is 0.468 e. The van der Waals surface area contributed by atoms with Crippen LogP contribution in [-0.4, -0.2) is 43.2 Å². The first-order chi connectivity index (χ1) is 7.97. The molecule has 100 valence electrons. The van der Waals surface area contributed by atoms with Crippen molar-refractivity contribution in [3.05, 3.63) is 0 Å². The van der Waals surface area contributed by atoms with Gasteiger partial charge in [-0.05, 0) is 33.2 Å². The van der Waals surface area contributed by atoms with Gasteiger partial charge in [0.25, 0.3) is 0 Å². The fourth-order valence-corrected chi connectivity index (χ4v) is 2.45. The predicted molar refractivity (Wildman–Crippen MR) is 68.7 cm³/mol. The van der Waals surface area contributed by atoms with Gasteiger partial charge in [0.1, 0.15) is 5.54 Å². The van der Waals surface area contributed by atoms with E-state index in [1.165, 1.54) is 39.2 Å². The van der Waals surface area contributed by atoms with Crippen molar-refractivity contribution < 1.29 is 9.53 Å². The van der Waals surface area contributed by atoms with Gasteiger partial charge < -0.3 is 15.4 Å². The molecule has 0 saturated heterocycles. The zero-order chi connectivity index (χ0) is 12.9. The Morgan fingerprint density at radius 2 is 2.00 bits per heavy atom. The normalized spacial score (nSPS) is 21.2. The molecule has 0 aromatic carbocycles. The number of nitrogens with two attached hydrogens (primary N) is 1. The highest BCUT2D eigenvalue weighted by atomic mass is 16.5. The van der Waals surface area contributed by atoms with E-state index in [0.717, 1.165) is 6.54 Å². The van der Waals surface area contributed by atoms with Gasteiger partial charge >= 0.3 is 5.97 Å². The summed E-state index contributed by atoms with van der Waals surface area (Å²) < 4.78 is 4.71. The van der Waals surface area contributed by atoms with Gasteiger partial charge in [-0.1, -0.05) is 19.3 Å². The molecule has 17 heavy (non-hydrogen) atoms. The van der Waals surface area contributed by atoms with Gasteiger partial charge in [0.15, 0.2) is 0 Å². The first kappa shape index (κ1) is 14.5. The van der Waals surface area contributed by atoms with Crippen LogP contribution in [0.2, 0.25) is 0 Å². The summed E-state index contributed by atoms with van der Waals surface area (Å²) in [5.41, 5.74) is 5.08. The van der Waals surface area contributed by atoms with E-state index in [2.05, 4.69) is 11.9 Å². The first-order valence-corrected chi connectivity index (χ1v) is 6.55. The van der Waals surface area contributed by atoms with Gasteiger partial charge in [0, 0.05) is 12.6 Å². The van der Waals surface area contributed by atoms with Crippen molar-refractivity contribution in [1.82, 2.24) is 4.90 Å². The van der Waals surface area contributed by atoms with Crippen LogP contribution in [0.25, 0.3) is 0 Å². The van der Waals surface area contributed by atoms with Gasteiger partial charge in [-0.3, -0.25) is 4.79 Å². The molecule has 4 nitrogen and oxygen atoms in total. The fraction of sp³-hybridized carbons (Fsp3) is 0.923. The highest BCUT2D eigenvalue weighted by molar-refractivity contribution is 5.79. The summed E-state index contributed by atoms with van der Waals surface area (Å²) in [4.78, 5) is 13.8. The van der Waals surface area contributed by atoms with E-state index in [1.54, 1.807) is 6.92 Å². The quantitative estimate of drug-likeness (QED) is 0.743. The lowest BCUT2D eigenvalue weighted by atomic mass is 9.93. The number of hydrogen-bond acceptors (Lipinski definition) is 4. The van der Waals surface area contributed by atoms with Gasteiger partial charge in [0.2, 0.25) is 0 Å². The van der Waals surface area contributed by atoms with E-state index >= 15 is 0 Å². The van der Waals surface area contributed by atoms with Crippen LogP contribution in [0.1, 0.15) is 45.4 Å². The topological polar surface area (TPSA) is 55.6 Å². The third-order valence-electron chi connectivity index (χ3n) is 3.83. The highest BCUT2D eigenvalue weighted by Crippen LogP contribution is 2.22. The zero-order valence-electron chi connectivity index (χ0n) is 11.4. The Kier molecular flexibility index (Phi) is 5.40. The maximum atomic E-state index is 11.5. The number of carbonyl (C=O) groups is 1. The molecule has 0 spiro atoms. The van der Waals surface area contributed by atoms with Crippen LogP contribution in [-0.2, 0) is 9.53 Å². The Bertz CT molecular complexity index is 248. The van der Waals surface area contributed by atoms with E-state index in [1.807, 2.05) is 0 Å². The number of rotatable bonds is 5. The summed E-state index contributed by atoms with van der Waals surface area (Å²) in [6.07, 6.45) is 7.21. The molecule has 0 radical (unpaired) electrons. The van der Waals surface area contributed by atoms with Crippen molar-refractivity contribution in [2.75, 3.05) is 20.7 Å². The average Bonchev–Trinajstić information content (AvgIpc) is 2.36. The molecule has 0 heterocycles. The summed E-state index contributed by atoms with van der Waals surface area (Å²) in [5.74, 6) is -0.324. The molecule has 0 aromatic heterocycles. The second-order valence-electron chi connectivity index (χ2n) is 5.43. The summed E-state index contributed by atoms with van der Waals surface area (Å²) in [7, 11) is 3.52. The van der Waals surface area contributed by atoms with E-state index in [0.29, 0.717) is 12.5 Å². The summed E-state index contributed by atoms with van der Waals surface area (Å²) in [5, 5.41) is 0. The molecule has 0 aromatic rings. The zero-order valence-corrected chi connectivity index (χ0v) is 11.4. The lowest BCUT2D eigenvalue weighted by Crippen LogP contribution is -2.48. The van der Waals surface area contributed by atoms with Gasteiger partial charge in [-0.15, -0.1) is 0 Å². The van der Waals surface area contributed by atoms with E-state index in [-0.39, 0.29) is 5.97 Å². The van der Waals surface area contributed by atoms with Crippen molar-refractivity contribution in [2.45, 2.75) is 57.0 Å². The minimum Gasteiger partial charge on any atom is -0.468 e. The second kappa shape index (κ2) is 6.36. The SMILES string of the molecule is COC(=O)C(C)(N)CCN(C)C1CCCCC1. The maximum absolute atomic E-state index is 11.5. The molecule has 1 saturated carbocycles. The Hall–Kier alpha value is -0.610. The van der Waals surface area contributed by atoms with Crippen molar-refractivity contribution in [3.8, 4) is 0 Å². The molecule has 0 aliphatic heterocycles. The Balaban J connectivity index is 2.36. The monoisotopic (exact) mass is 242 g/mol. The van der Waals surface area contributed by atoms with Crippen molar-refractivity contribution >= 4 is 5.97 Å². The van der Waals surface area contributed by atoms with Crippen LogP contribution >= 0.6 is 0 Å². The van der Waals surface area contributed by atoms with Crippen LogP contribution in [0.5, 0.6) is 0 Å². The second-order valence-corrected chi connectivity index (χ2v) is 5.43. The fourth-order valence-electron chi connectivity index (χ4n) is 2.45. The molecule has 2 N–H and O–H groups in total. The molecule has 1 aliphatic carbocycles. The molecule has 4 heteroatoms. The van der Waals surface area contributed by atoms with Crippen molar-refractivity contribution in [3.63, 3.8) is 0 Å². The number of methoxy groups -OCH3 is 1. The molecule has 1 rings (SSSR count). The number of nitrogens with zero attached hydrogens (tertiary/aromatic N) is 1. The predicted octanol–water partition coefficient (Wildman–Crippen LogP) is 1.53. The molecule has 0 amide bonds. The molecular weight excluding hydrogens is 216 g/mol. The average molecular weight is 242 g/mol. The minimum absolute atomic E-state index is 0.324. The Morgan fingerprint density at radius 1 is 1.41 bits per heavy atom. The molecular formula is C13H26N2O2. The van der Waals surface area contributed by atoms with Crippen LogP contribution < -0.4 is 5.73 Å². The van der Waals surface area contributed by atoms with Crippen LogP contribution in [0.4, 0.5) is 0 Å². The van der Waals surface area contributed by atoms with Gasteiger partial charge in [-0.25, -0.2) is 0 Å². The van der Waals surface area contributed by atoms with Crippen molar-refractivity contribution in [1.29, 1.82) is 0 Å². The summed E-state index contributed by atoms with van der Waals surface area (Å²) in [6.45, 7) is 2.60. The Morgan fingerprint density at radius 3 is 2.53 bits per heavy atom. The van der Waals surface area contributed by atoms with Crippen LogP contribution in [0.3, 0.4) is 0 Å². The molecule has 1 fully saturated rings. The van der Waals surface area contributed by atoms with Crippen LogP contribution in [0.15, 0.2) is 0 Å². The number of esters is 1. The smallest absolute Gasteiger partial charge is 0.325 e. The molecule has 1 unspecified atom stereocenters. The molecule has 1 aliphatic rings. The summed E-state index contributed by atoms with van der Waals surface area (Å²) in [6, 6.07) is 0.664. The van der Waals surface area contributed by atoms with E-state index in [9.17, 15) is 4.79 Å². The lowest BCUT2D eigenvalue weighted by Gasteiger charge is -2.33. The minimum atomic E-state index is -0.863. The van der Waals surface area contributed by atoms with Crippen molar-refractivity contribution in [2.24, 2.45) is 5.73 Å². The van der Waals surface area contributed by atoms with E-state index < -0.39 is 5.54 Å². The Labute approximate surface area is 104 Å². The third kappa shape index (κ3) is 4.28. The maximum Gasteiger partial charge on any atom is 0.325 e. The number of carbonyl (C=O) groups excluding carboxylic acids is 1. The molecule has 1 atom stereocenters. The third-order valence-corrected chi connectivity index (χ3v) is 3.83. The van der Waals surface area contributed by atoms with Gasteiger partial charge in [0.05, 0.1) is 7.11 Å². The number of hydrogen-bond donors (Lipinski definition) is 1. The van der Waals surface area contributed by atoms with Crippen LogP contribution in [0, 0.1) is 0 Å².